The van der Waals surface area contributed by atoms with Gasteiger partial charge in [-0.1, -0.05) is 79.8 Å². The van der Waals surface area contributed by atoms with Crippen LogP contribution in [0.1, 0.15) is 58.3 Å². The highest BCUT2D eigenvalue weighted by Crippen LogP contribution is 2.44. The molecule has 0 spiro atoms. The Bertz CT molecular complexity index is 772. The van der Waals surface area contributed by atoms with Crippen LogP contribution in [0.25, 0.3) is 0 Å². The van der Waals surface area contributed by atoms with Crippen LogP contribution in [0.4, 0.5) is 0 Å². The Morgan fingerprint density at radius 2 is 1.33 bits per heavy atom. The Kier molecular flexibility index (Phi) is 23.2. The number of phosphoric acid groups is 1. The van der Waals surface area contributed by atoms with Gasteiger partial charge in [0.25, 0.3) is 0 Å². The summed E-state index contributed by atoms with van der Waals surface area (Å²) in [5.74, 6) is -0.493. The molecule has 0 bridgehead atoms. The first kappa shape index (κ1) is 33.9. The first-order valence-corrected chi connectivity index (χ1v) is 14.0. The molecule has 0 fully saturated rings. The Morgan fingerprint density at radius 3 is 1.78 bits per heavy atom. The van der Waals surface area contributed by atoms with Crippen LogP contribution in [0.15, 0.2) is 72.9 Å². The molecule has 0 aliphatic rings. The van der Waals surface area contributed by atoms with Gasteiger partial charge in [0.15, 0.2) is 0 Å². The smallest absolute Gasteiger partial charge is 0.463 e. The second kappa shape index (κ2) is 24.6. The van der Waals surface area contributed by atoms with Gasteiger partial charge in [-0.2, -0.15) is 0 Å². The number of hydrogen-bond acceptors (Lipinski definition) is 7. The second-order valence-electron chi connectivity index (χ2n) is 7.64. The van der Waals surface area contributed by atoms with Gasteiger partial charge >= 0.3 is 13.8 Å². The minimum atomic E-state index is -4.36. The summed E-state index contributed by atoms with van der Waals surface area (Å²) >= 11 is 0. The minimum absolute atomic E-state index is 0.0429. The monoisotopic (exact) mass is 525 g/mol. The van der Waals surface area contributed by atoms with E-state index in [9.17, 15) is 19.4 Å². The standard InChI is InChI=1S/C27H44NO7P/c1-2-3-4-5-6-7-8-9-10-11-12-13-14-15-16-17-18-19-20-21-27(30)33-25-26(24-29)35-36(31,32)34-23-22-28/h3-4,6-7,9-10,12-13,15-16,18-19,26,29H,2,5,8,11,14,17,20-25,28H2,1H3,(H,31,32)/b4-3-,7-6-,10-9-,13-12-,16-15-,19-18-/t26-/m0/s1. The molecule has 0 radical (unpaired) electrons. The number of phosphoric ester groups is 1. The number of esters is 1. The highest BCUT2D eigenvalue weighted by molar-refractivity contribution is 7.47. The molecule has 0 aliphatic heterocycles. The van der Waals surface area contributed by atoms with Crippen molar-refractivity contribution in [3.05, 3.63) is 72.9 Å². The number of aliphatic hydroxyl groups excluding tert-OH is 1. The molecule has 0 aromatic heterocycles. The molecule has 0 aromatic rings. The Morgan fingerprint density at radius 1 is 0.861 bits per heavy atom. The zero-order valence-electron chi connectivity index (χ0n) is 21.5. The van der Waals surface area contributed by atoms with Crippen LogP contribution < -0.4 is 5.73 Å². The summed E-state index contributed by atoms with van der Waals surface area (Å²) < 4.78 is 25.9. The third-order valence-corrected chi connectivity index (χ3v) is 5.47. The fourth-order valence-electron chi connectivity index (χ4n) is 2.60. The van der Waals surface area contributed by atoms with Gasteiger partial charge < -0.3 is 20.5 Å². The molecule has 0 saturated carbocycles. The lowest BCUT2D eigenvalue weighted by atomic mass is 10.2. The van der Waals surface area contributed by atoms with Crippen LogP contribution in [0, 0.1) is 0 Å². The van der Waals surface area contributed by atoms with Gasteiger partial charge in [-0.25, -0.2) is 4.57 Å². The van der Waals surface area contributed by atoms with Crippen molar-refractivity contribution in [3.8, 4) is 0 Å². The fraction of sp³-hybridized carbons (Fsp3) is 0.519. The van der Waals surface area contributed by atoms with E-state index in [1.807, 2.05) is 12.2 Å². The quantitative estimate of drug-likeness (QED) is 0.0966. The van der Waals surface area contributed by atoms with Crippen LogP contribution in [0.2, 0.25) is 0 Å². The van der Waals surface area contributed by atoms with Crippen molar-refractivity contribution in [1.29, 1.82) is 0 Å². The zero-order chi connectivity index (χ0) is 26.7. The maximum absolute atomic E-state index is 11.8. The van der Waals surface area contributed by atoms with E-state index in [0.717, 1.165) is 38.5 Å². The van der Waals surface area contributed by atoms with Crippen molar-refractivity contribution in [2.45, 2.75) is 64.4 Å². The third kappa shape index (κ3) is 23.7. The van der Waals surface area contributed by atoms with Crippen molar-refractivity contribution < 1.29 is 33.1 Å². The van der Waals surface area contributed by atoms with Crippen LogP contribution in [-0.4, -0.2) is 48.4 Å². The van der Waals surface area contributed by atoms with Crippen molar-refractivity contribution >= 4 is 13.8 Å². The number of aliphatic hydroxyl groups is 1. The van der Waals surface area contributed by atoms with Gasteiger partial charge in [0.05, 0.1) is 13.2 Å². The van der Waals surface area contributed by atoms with E-state index in [-0.39, 0.29) is 26.2 Å². The van der Waals surface area contributed by atoms with Gasteiger partial charge in [0, 0.05) is 13.0 Å². The van der Waals surface area contributed by atoms with E-state index in [2.05, 4.69) is 72.2 Å². The molecule has 0 saturated heterocycles. The molecule has 36 heavy (non-hydrogen) atoms. The number of ether oxygens (including phenoxy) is 1. The predicted octanol–water partition coefficient (Wildman–Crippen LogP) is 5.46. The summed E-state index contributed by atoms with van der Waals surface area (Å²) in [6, 6.07) is 0. The van der Waals surface area contributed by atoms with Crippen molar-refractivity contribution in [3.63, 3.8) is 0 Å². The molecule has 2 atom stereocenters. The first-order chi connectivity index (χ1) is 17.4. The molecule has 4 N–H and O–H groups in total. The summed E-state index contributed by atoms with van der Waals surface area (Å²) in [6.07, 6.45) is 30.5. The second-order valence-corrected chi connectivity index (χ2v) is 9.04. The van der Waals surface area contributed by atoms with E-state index >= 15 is 0 Å². The molecule has 0 aliphatic carbocycles. The van der Waals surface area contributed by atoms with Crippen LogP contribution in [0.3, 0.4) is 0 Å². The number of nitrogens with two attached hydrogens (primary N) is 1. The average molecular weight is 526 g/mol. The van der Waals surface area contributed by atoms with Crippen molar-refractivity contribution in [1.82, 2.24) is 0 Å². The van der Waals surface area contributed by atoms with E-state index in [4.69, 9.17) is 15.0 Å². The molecule has 0 rings (SSSR count). The maximum Gasteiger partial charge on any atom is 0.472 e. The SMILES string of the molecule is CC/C=C\C/C=C\C/C=C\C/C=C\C/C=C\C/C=C\CCC(=O)OC[C@H](CO)OP(=O)(O)OCCN. The Balaban J connectivity index is 3.85. The van der Waals surface area contributed by atoms with Crippen molar-refractivity contribution in [2.24, 2.45) is 5.73 Å². The molecule has 204 valence electrons. The molecule has 9 heteroatoms. The lowest BCUT2D eigenvalue weighted by Crippen LogP contribution is -2.25. The number of carbonyl (C=O) groups excluding carboxylic acids is 1. The Labute approximate surface area is 216 Å². The molecule has 0 heterocycles. The first-order valence-electron chi connectivity index (χ1n) is 12.5. The van der Waals surface area contributed by atoms with E-state index in [0.29, 0.717) is 6.42 Å². The number of hydrogen-bond donors (Lipinski definition) is 3. The summed E-state index contributed by atoms with van der Waals surface area (Å²) in [6.45, 7) is 1.06. The zero-order valence-corrected chi connectivity index (χ0v) is 22.3. The van der Waals surface area contributed by atoms with Crippen LogP contribution >= 0.6 is 7.82 Å². The Hall–Kier alpha value is -2.06. The van der Waals surface area contributed by atoms with Crippen LogP contribution in [0.5, 0.6) is 0 Å². The molecule has 1 unspecified atom stereocenters. The number of carbonyl (C=O) groups is 1. The highest BCUT2D eigenvalue weighted by atomic mass is 31.2. The molecule has 8 nitrogen and oxygen atoms in total. The maximum atomic E-state index is 11.8. The fourth-order valence-corrected chi connectivity index (χ4v) is 3.50. The molecule has 0 amide bonds. The average Bonchev–Trinajstić information content (AvgIpc) is 2.86. The topological polar surface area (TPSA) is 128 Å². The van der Waals surface area contributed by atoms with Gasteiger partial charge in [0.1, 0.15) is 12.7 Å². The highest BCUT2D eigenvalue weighted by Gasteiger charge is 2.27. The van der Waals surface area contributed by atoms with Gasteiger partial charge in [-0.05, 0) is 44.9 Å². The summed E-state index contributed by atoms with van der Waals surface area (Å²) in [5.41, 5.74) is 5.19. The van der Waals surface area contributed by atoms with Crippen LogP contribution in [-0.2, 0) is 23.1 Å². The third-order valence-electron chi connectivity index (χ3n) is 4.40. The minimum Gasteiger partial charge on any atom is -0.463 e. The van der Waals surface area contributed by atoms with E-state index in [1.54, 1.807) is 0 Å². The van der Waals surface area contributed by atoms with E-state index < -0.39 is 26.5 Å². The lowest BCUT2D eigenvalue weighted by molar-refractivity contribution is -0.147. The lowest BCUT2D eigenvalue weighted by Gasteiger charge is -2.18. The van der Waals surface area contributed by atoms with Gasteiger partial charge in [-0.15, -0.1) is 0 Å². The largest absolute Gasteiger partial charge is 0.472 e. The van der Waals surface area contributed by atoms with Crippen molar-refractivity contribution in [2.75, 3.05) is 26.4 Å². The molecular formula is C27H44NO7P. The normalized spacial score (nSPS) is 15.3. The predicted molar refractivity (Wildman–Crippen MR) is 145 cm³/mol. The van der Waals surface area contributed by atoms with Gasteiger partial charge in [0.2, 0.25) is 0 Å². The van der Waals surface area contributed by atoms with E-state index in [1.165, 1.54) is 0 Å². The number of rotatable bonds is 22. The number of allylic oxidation sites excluding steroid dienone is 12. The summed E-state index contributed by atoms with van der Waals surface area (Å²) in [5, 5.41) is 9.22. The van der Waals surface area contributed by atoms with Gasteiger partial charge in [-0.3, -0.25) is 13.8 Å². The molecule has 0 aromatic carbocycles. The molecular weight excluding hydrogens is 481 g/mol. The summed E-state index contributed by atoms with van der Waals surface area (Å²) in [7, 11) is -4.36. The summed E-state index contributed by atoms with van der Waals surface area (Å²) in [4.78, 5) is 21.2.